The Balaban J connectivity index is 1.61. The van der Waals surface area contributed by atoms with Gasteiger partial charge in [0.25, 0.3) is 5.91 Å². The number of carbonyl (C=O) groups is 1. The van der Waals surface area contributed by atoms with E-state index in [-0.39, 0.29) is 22.7 Å². The molecule has 2 atom stereocenters. The minimum atomic E-state index is -2.90. The summed E-state index contributed by atoms with van der Waals surface area (Å²) >= 11 is 0. The van der Waals surface area contributed by atoms with E-state index in [9.17, 15) is 23.1 Å². The second-order valence-corrected chi connectivity index (χ2v) is 7.76. The van der Waals surface area contributed by atoms with E-state index in [1.807, 2.05) is 0 Å². The summed E-state index contributed by atoms with van der Waals surface area (Å²) in [6.45, 7) is -2.58. The fourth-order valence-corrected chi connectivity index (χ4v) is 4.11. The standard InChI is InChI=1S/C23H23F3N2O3/c24-17-4-3-6-19-21(17)16(22(30)27-18-5-1-2-7-20(18)29)13-28(19)12-14-8-10-15(11-9-14)31-23(25)26/h3-4,6,8-11,13,18,20,23,29H,1-2,5,7,12H2,(H,27,30)/t18-,20-/m0/s1. The molecule has 0 unspecified atom stereocenters. The average molecular weight is 432 g/mol. The predicted octanol–water partition coefficient (Wildman–Crippen LogP) is 4.46. The maximum absolute atomic E-state index is 14.7. The number of aliphatic hydroxyl groups excluding tert-OH is 1. The van der Waals surface area contributed by atoms with Gasteiger partial charge in [0.15, 0.2) is 0 Å². The zero-order valence-corrected chi connectivity index (χ0v) is 16.7. The summed E-state index contributed by atoms with van der Waals surface area (Å²) < 4.78 is 45.4. The zero-order valence-electron chi connectivity index (χ0n) is 16.7. The van der Waals surface area contributed by atoms with Crippen molar-refractivity contribution in [3.8, 4) is 5.75 Å². The van der Waals surface area contributed by atoms with Crippen LogP contribution in [0.25, 0.3) is 10.9 Å². The van der Waals surface area contributed by atoms with Gasteiger partial charge in [-0.15, -0.1) is 0 Å². The van der Waals surface area contributed by atoms with E-state index < -0.39 is 24.4 Å². The van der Waals surface area contributed by atoms with Crippen LogP contribution < -0.4 is 10.1 Å². The number of benzene rings is 2. The van der Waals surface area contributed by atoms with Crippen molar-refractivity contribution in [3.05, 3.63) is 65.6 Å². The molecule has 0 aliphatic heterocycles. The summed E-state index contributed by atoms with van der Waals surface area (Å²) in [6.07, 6.45) is 4.13. The fraction of sp³-hybridized carbons (Fsp3) is 0.348. The number of ether oxygens (including phenoxy) is 1. The minimum Gasteiger partial charge on any atom is -0.435 e. The first kappa shape index (κ1) is 21.2. The lowest BCUT2D eigenvalue weighted by Crippen LogP contribution is -2.45. The molecule has 1 amide bonds. The van der Waals surface area contributed by atoms with Gasteiger partial charge in [-0.25, -0.2) is 4.39 Å². The van der Waals surface area contributed by atoms with Crippen molar-refractivity contribution < 1.29 is 27.8 Å². The molecule has 1 saturated carbocycles. The smallest absolute Gasteiger partial charge is 0.387 e. The van der Waals surface area contributed by atoms with Gasteiger partial charge < -0.3 is 19.7 Å². The summed E-state index contributed by atoms with van der Waals surface area (Å²) in [5.74, 6) is -0.889. The van der Waals surface area contributed by atoms with Gasteiger partial charge in [-0.2, -0.15) is 8.78 Å². The molecule has 0 saturated heterocycles. The number of halogens is 3. The molecule has 2 N–H and O–H groups in total. The molecule has 0 spiro atoms. The number of hydrogen-bond acceptors (Lipinski definition) is 3. The van der Waals surface area contributed by atoms with Gasteiger partial charge >= 0.3 is 6.61 Å². The van der Waals surface area contributed by atoms with Crippen molar-refractivity contribution >= 4 is 16.8 Å². The first-order chi connectivity index (χ1) is 14.9. The molecule has 1 aliphatic rings. The third kappa shape index (κ3) is 4.69. The Morgan fingerprint density at radius 3 is 2.61 bits per heavy atom. The molecule has 0 radical (unpaired) electrons. The Hall–Kier alpha value is -3.00. The van der Waals surface area contributed by atoms with E-state index >= 15 is 0 Å². The molecule has 1 aliphatic carbocycles. The predicted molar refractivity (Wildman–Crippen MR) is 110 cm³/mol. The van der Waals surface area contributed by atoms with Crippen LogP contribution in [0.5, 0.6) is 5.75 Å². The third-order valence-corrected chi connectivity index (χ3v) is 5.65. The Morgan fingerprint density at radius 2 is 1.90 bits per heavy atom. The Labute approximate surface area is 177 Å². The van der Waals surface area contributed by atoms with Crippen molar-refractivity contribution in [2.75, 3.05) is 0 Å². The molecule has 8 heteroatoms. The molecule has 5 nitrogen and oxygen atoms in total. The quantitative estimate of drug-likeness (QED) is 0.605. The maximum atomic E-state index is 14.7. The van der Waals surface area contributed by atoms with Crippen molar-refractivity contribution in [1.82, 2.24) is 9.88 Å². The minimum absolute atomic E-state index is 0.0493. The highest BCUT2D eigenvalue weighted by Gasteiger charge is 2.27. The van der Waals surface area contributed by atoms with E-state index in [0.717, 1.165) is 18.4 Å². The van der Waals surface area contributed by atoms with Crippen LogP contribution in [0.3, 0.4) is 0 Å². The molecule has 0 bridgehead atoms. The molecular formula is C23H23F3N2O3. The summed E-state index contributed by atoms with van der Waals surface area (Å²) in [5.41, 5.74) is 1.52. The lowest BCUT2D eigenvalue weighted by molar-refractivity contribution is -0.0498. The number of nitrogens with one attached hydrogen (secondary N) is 1. The van der Waals surface area contributed by atoms with Gasteiger partial charge in [0, 0.05) is 18.1 Å². The Bertz CT molecular complexity index is 1070. The monoisotopic (exact) mass is 432 g/mol. The van der Waals surface area contributed by atoms with Crippen molar-refractivity contribution in [3.63, 3.8) is 0 Å². The van der Waals surface area contributed by atoms with Gasteiger partial charge in [-0.05, 0) is 42.7 Å². The van der Waals surface area contributed by atoms with Gasteiger partial charge in [0.05, 0.1) is 23.2 Å². The topological polar surface area (TPSA) is 63.5 Å². The molecule has 2 aromatic carbocycles. The van der Waals surface area contributed by atoms with Crippen molar-refractivity contribution in [2.24, 2.45) is 0 Å². The molecule has 31 heavy (non-hydrogen) atoms. The highest BCUT2D eigenvalue weighted by atomic mass is 19.3. The van der Waals surface area contributed by atoms with Crippen LogP contribution in [0, 0.1) is 5.82 Å². The highest BCUT2D eigenvalue weighted by molar-refractivity contribution is 6.07. The molecular weight excluding hydrogens is 409 g/mol. The number of nitrogens with zero attached hydrogens (tertiary/aromatic N) is 1. The second-order valence-electron chi connectivity index (χ2n) is 7.76. The van der Waals surface area contributed by atoms with Crippen molar-refractivity contribution in [1.29, 1.82) is 0 Å². The number of hydrogen-bond donors (Lipinski definition) is 2. The molecule has 164 valence electrons. The SMILES string of the molecule is O=C(N[C@H]1CCCC[C@@H]1O)c1cn(Cc2ccc(OC(F)F)cc2)c2cccc(F)c12. The van der Waals surface area contributed by atoms with Gasteiger partial charge in [-0.1, -0.05) is 31.0 Å². The fourth-order valence-electron chi connectivity index (χ4n) is 4.11. The largest absolute Gasteiger partial charge is 0.435 e. The first-order valence-electron chi connectivity index (χ1n) is 10.2. The molecule has 4 rings (SSSR count). The summed E-state index contributed by atoms with van der Waals surface area (Å²) in [7, 11) is 0. The molecule has 1 heterocycles. The van der Waals surface area contributed by atoms with Crippen LogP contribution in [0.4, 0.5) is 13.2 Å². The Morgan fingerprint density at radius 1 is 1.16 bits per heavy atom. The average Bonchev–Trinajstić information content (AvgIpc) is 3.11. The number of rotatable bonds is 6. The molecule has 1 fully saturated rings. The maximum Gasteiger partial charge on any atom is 0.387 e. The summed E-state index contributed by atoms with van der Waals surface area (Å²) in [5, 5.41) is 13.2. The first-order valence-corrected chi connectivity index (χ1v) is 10.2. The number of aliphatic hydroxyl groups is 1. The van der Waals surface area contributed by atoms with Gasteiger partial charge in [0.1, 0.15) is 11.6 Å². The van der Waals surface area contributed by atoms with Crippen LogP contribution >= 0.6 is 0 Å². The van der Waals surface area contributed by atoms with Crippen LogP contribution in [0.2, 0.25) is 0 Å². The van der Waals surface area contributed by atoms with Crippen LogP contribution in [0.15, 0.2) is 48.7 Å². The number of aromatic nitrogens is 1. The number of fused-ring (bicyclic) bond motifs is 1. The van der Waals surface area contributed by atoms with Crippen molar-refractivity contribution in [2.45, 2.75) is 51.0 Å². The lowest BCUT2D eigenvalue weighted by atomic mass is 9.92. The van der Waals surface area contributed by atoms with Crippen LogP contribution in [0.1, 0.15) is 41.6 Å². The van der Waals surface area contributed by atoms with E-state index in [2.05, 4.69) is 10.1 Å². The van der Waals surface area contributed by atoms with Gasteiger partial charge in [0.2, 0.25) is 0 Å². The van der Waals surface area contributed by atoms with E-state index in [1.165, 1.54) is 18.2 Å². The summed E-state index contributed by atoms with van der Waals surface area (Å²) in [4.78, 5) is 12.9. The van der Waals surface area contributed by atoms with E-state index in [4.69, 9.17) is 0 Å². The third-order valence-electron chi connectivity index (χ3n) is 5.65. The molecule has 1 aromatic heterocycles. The molecule has 3 aromatic rings. The highest BCUT2D eigenvalue weighted by Crippen LogP contribution is 2.27. The van der Waals surface area contributed by atoms with Gasteiger partial charge in [-0.3, -0.25) is 4.79 Å². The summed E-state index contributed by atoms with van der Waals surface area (Å²) in [6, 6.07) is 10.4. The number of carbonyl (C=O) groups excluding carboxylic acids is 1. The van der Waals surface area contributed by atoms with Crippen LogP contribution in [-0.2, 0) is 6.54 Å². The number of amides is 1. The zero-order chi connectivity index (χ0) is 22.0. The Kier molecular flexibility index (Phi) is 6.18. The van der Waals surface area contributed by atoms with Crippen LogP contribution in [-0.4, -0.2) is 34.3 Å². The van der Waals surface area contributed by atoms with E-state index in [0.29, 0.717) is 24.9 Å². The second kappa shape index (κ2) is 9.01. The van der Waals surface area contributed by atoms with E-state index in [1.54, 1.807) is 35.0 Å². The number of alkyl halides is 2. The normalized spacial score (nSPS) is 19.0. The lowest BCUT2D eigenvalue weighted by Gasteiger charge is -2.28.